The molecule has 1 rings (SSSR count). The third kappa shape index (κ3) is 3.82. The summed E-state index contributed by atoms with van der Waals surface area (Å²) in [7, 11) is 0. The number of benzene rings is 1. The van der Waals surface area contributed by atoms with Crippen molar-refractivity contribution in [1.82, 2.24) is 5.32 Å². The molecular formula is C12H16N2O2. The van der Waals surface area contributed by atoms with E-state index in [1.54, 1.807) is 12.1 Å². The summed E-state index contributed by atoms with van der Waals surface area (Å²) >= 11 is 0. The fourth-order valence-corrected chi connectivity index (χ4v) is 1.24. The minimum absolute atomic E-state index is 0.127. The van der Waals surface area contributed by atoms with Gasteiger partial charge in [0.2, 0.25) is 0 Å². The maximum atomic E-state index is 10.4. The maximum Gasteiger partial charge on any atom is 0.269 e. The summed E-state index contributed by atoms with van der Waals surface area (Å²) in [5.74, 6) is 0. The summed E-state index contributed by atoms with van der Waals surface area (Å²) in [4.78, 5) is 10.0. The average Bonchev–Trinajstić information content (AvgIpc) is 2.29. The number of rotatable bonds is 6. The first kappa shape index (κ1) is 12.4. The topological polar surface area (TPSA) is 55.2 Å². The Kier molecular flexibility index (Phi) is 4.66. The molecule has 0 bridgehead atoms. The van der Waals surface area contributed by atoms with Crippen LogP contribution in [0.4, 0.5) is 5.69 Å². The van der Waals surface area contributed by atoms with Crippen molar-refractivity contribution in [2.45, 2.75) is 19.9 Å². The van der Waals surface area contributed by atoms with Crippen LogP contribution in [0.5, 0.6) is 0 Å². The summed E-state index contributed by atoms with van der Waals surface area (Å²) in [5, 5.41) is 13.7. The van der Waals surface area contributed by atoms with Crippen molar-refractivity contribution in [3.63, 3.8) is 0 Å². The molecule has 0 aliphatic rings. The third-order valence-electron chi connectivity index (χ3n) is 2.35. The zero-order chi connectivity index (χ0) is 12.0. The summed E-state index contributed by atoms with van der Waals surface area (Å²) in [5.41, 5.74) is 2.32. The Labute approximate surface area is 95.1 Å². The maximum absolute atomic E-state index is 10.4. The van der Waals surface area contributed by atoms with Crippen LogP contribution in [-0.2, 0) is 6.54 Å². The van der Waals surface area contributed by atoms with Crippen molar-refractivity contribution < 1.29 is 4.92 Å². The molecule has 0 unspecified atom stereocenters. The van der Waals surface area contributed by atoms with E-state index >= 15 is 0 Å². The zero-order valence-corrected chi connectivity index (χ0v) is 9.40. The largest absolute Gasteiger partial charge is 0.309 e. The molecule has 1 aromatic carbocycles. The zero-order valence-electron chi connectivity index (χ0n) is 9.40. The van der Waals surface area contributed by atoms with Gasteiger partial charge in [0.1, 0.15) is 0 Å². The van der Waals surface area contributed by atoms with E-state index in [0.29, 0.717) is 6.54 Å². The molecule has 0 heterocycles. The lowest BCUT2D eigenvalue weighted by Gasteiger charge is -2.05. The molecule has 0 saturated heterocycles. The number of nitrogens with zero attached hydrogens (tertiary/aromatic N) is 1. The molecular weight excluding hydrogens is 204 g/mol. The van der Waals surface area contributed by atoms with E-state index < -0.39 is 4.92 Å². The van der Waals surface area contributed by atoms with Crippen molar-refractivity contribution in [3.8, 4) is 0 Å². The first-order valence-corrected chi connectivity index (χ1v) is 5.24. The van der Waals surface area contributed by atoms with Crippen LogP contribution in [-0.4, -0.2) is 11.5 Å². The van der Waals surface area contributed by atoms with Gasteiger partial charge in [0.15, 0.2) is 0 Å². The van der Waals surface area contributed by atoms with E-state index in [-0.39, 0.29) is 5.69 Å². The van der Waals surface area contributed by atoms with Gasteiger partial charge in [-0.1, -0.05) is 31.2 Å². The fraction of sp³-hybridized carbons (Fsp3) is 0.333. The van der Waals surface area contributed by atoms with Crippen molar-refractivity contribution in [1.29, 1.82) is 0 Å². The van der Waals surface area contributed by atoms with Gasteiger partial charge in [-0.3, -0.25) is 10.1 Å². The number of non-ortho nitro benzene ring substituents is 1. The number of nitro benzene ring substituents is 1. The first-order chi connectivity index (χ1) is 7.63. The van der Waals surface area contributed by atoms with E-state index in [2.05, 4.69) is 18.8 Å². The Morgan fingerprint density at radius 3 is 2.56 bits per heavy atom. The van der Waals surface area contributed by atoms with Gasteiger partial charge in [0.25, 0.3) is 5.69 Å². The highest BCUT2D eigenvalue weighted by Gasteiger charge is 2.03. The lowest BCUT2D eigenvalue weighted by atomic mass is 10.2. The van der Waals surface area contributed by atoms with Gasteiger partial charge in [0.05, 0.1) is 4.92 Å². The highest BCUT2D eigenvalue weighted by atomic mass is 16.6. The van der Waals surface area contributed by atoms with Crippen LogP contribution in [0.1, 0.15) is 18.9 Å². The van der Waals surface area contributed by atoms with Crippen molar-refractivity contribution in [2.75, 3.05) is 6.54 Å². The molecule has 0 fully saturated rings. The van der Waals surface area contributed by atoms with Crippen LogP contribution < -0.4 is 5.32 Å². The summed E-state index contributed by atoms with van der Waals surface area (Å²) in [6, 6.07) is 6.57. The SMILES string of the molecule is C=C(CC)CNCc1ccc([N+](=O)[O-])cc1. The van der Waals surface area contributed by atoms with Crippen LogP contribution in [0.15, 0.2) is 36.4 Å². The van der Waals surface area contributed by atoms with E-state index in [1.165, 1.54) is 12.1 Å². The Bertz CT molecular complexity index is 371. The molecule has 0 saturated carbocycles. The molecule has 1 N–H and O–H groups in total. The number of nitro groups is 1. The summed E-state index contributed by atoms with van der Waals surface area (Å²) in [6.07, 6.45) is 0.966. The minimum Gasteiger partial charge on any atom is -0.309 e. The second-order valence-electron chi connectivity index (χ2n) is 3.63. The molecule has 4 nitrogen and oxygen atoms in total. The first-order valence-electron chi connectivity index (χ1n) is 5.24. The lowest BCUT2D eigenvalue weighted by molar-refractivity contribution is -0.384. The second-order valence-corrected chi connectivity index (χ2v) is 3.63. The van der Waals surface area contributed by atoms with Gasteiger partial charge in [-0.2, -0.15) is 0 Å². The van der Waals surface area contributed by atoms with E-state index in [1.807, 2.05) is 0 Å². The molecule has 0 radical (unpaired) electrons. The average molecular weight is 220 g/mol. The standard InChI is InChI=1S/C12H16N2O2/c1-3-10(2)8-13-9-11-4-6-12(7-5-11)14(15)16/h4-7,13H,2-3,8-9H2,1H3. The Morgan fingerprint density at radius 1 is 1.44 bits per heavy atom. The number of hydrogen-bond acceptors (Lipinski definition) is 3. The fourth-order valence-electron chi connectivity index (χ4n) is 1.24. The highest BCUT2D eigenvalue weighted by Crippen LogP contribution is 2.11. The number of hydrogen-bond donors (Lipinski definition) is 1. The van der Waals surface area contributed by atoms with Gasteiger partial charge in [-0.25, -0.2) is 0 Å². The summed E-state index contributed by atoms with van der Waals surface area (Å²) < 4.78 is 0. The molecule has 0 aliphatic carbocycles. The van der Waals surface area contributed by atoms with Crippen LogP contribution in [0.3, 0.4) is 0 Å². The quantitative estimate of drug-likeness (QED) is 0.455. The van der Waals surface area contributed by atoms with E-state index in [4.69, 9.17) is 0 Å². The molecule has 1 aromatic rings. The molecule has 0 spiro atoms. The van der Waals surface area contributed by atoms with Crippen LogP contribution >= 0.6 is 0 Å². The second kappa shape index (κ2) is 6.02. The third-order valence-corrected chi connectivity index (χ3v) is 2.35. The van der Waals surface area contributed by atoms with Gasteiger partial charge < -0.3 is 5.32 Å². The Morgan fingerprint density at radius 2 is 2.06 bits per heavy atom. The van der Waals surface area contributed by atoms with Gasteiger partial charge in [-0.05, 0) is 12.0 Å². The monoisotopic (exact) mass is 220 g/mol. The molecule has 4 heteroatoms. The number of nitrogens with one attached hydrogen (secondary N) is 1. The van der Waals surface area contributed by atoms with E-state index in [0.717, 1.165) is 24.1 Å². The smallest absolute Gasteiger partial charge is 0.269 e. The predicted molar refractivity (Wildman–Crippen MR) is 64.2 cm³/mol. The Balaban J connectivity index is 2.43. The van der Waals surface area contributed by atoms with Crippen molar-refractivity contribution in [2.24, 2.45) is 0 Å². The van der Waals surface area contributed by atoms with Crippen molar-refractivity contribution in [3.05, 3.63) is 52.1 Å². The molecule has 86 valence electrons. The highest BCUT2D eigenvalue weighted by molar-refractivity contribution is 5.32. The van der Waals surface area contributed by atoms with Crippen LogP contribution in [0.2, 0.25) is 0 Å². The van der Waals surface area contributed by atoms with Gasteiger partial charge >= 0.3 is 0 Å². The van der Waals surface area contributed by atoms with Crippen molar-refractivity contribution >= 4 is 5.69 Å². The normalized spacial score (nSPS) is 10.1. The lowest BCUT2D eigenvalue weighted by Crippen LogP contribution is -2.15. The van der Waals surface area contributed by atoms with Crippen LogP contribution in [0, 0.1) is 10.1 Å². The van der Waals surface area contributed by atoms with E-state index in [9.17, 15) is 10.1 Å². The Hall–Kier alpha value is -1.68. The molecule has 0 aliphatic heterocycles. The molecule has 0 atom stereocenters. The minimum atomic E-state index is -0.393. The molecule has 0 amide bonds. The summed E-state index contributed by atoms with van der Waals surface area (Å²) in [6.45, 7) is 7.45. The van der Waals surface area contributed by atoms with Gasteiger partial charge in [0, 0.05) is 25.2 Å². The molecule has 0 aromatic heterocycles. The predicted octanol–water partition coefficient (Wildman–Crippen LogP) is 2.65. The molecule has 16 heavy (non-hydrogen) atoms. The van der Waals surface area contributed by atoms with Crippen LogP contribution in [0.25, 0.3) is 0 Å². The van der Waals surface area contributed by atoms with Gasteiger partial charge in [-0.15, -0.1) is 0 Å².